The van der Waals surface area contributed by atoms with Crippen molar-refractivity contribution < 1.29 is 9.90 Å². The Morgan fingerprint density at radius 3 is 2.41 bits per heavy atom. The summed E-state index contributed by atoms with van der Waals surface area (Å²) in [6, 6.07) is 10.3. The number of carbonyl (C=O) groups is 1. The number of thioether (sulfide) groups is 1. The molecular weight excluding hydrogens is 292 g/mol. The summed E-state index contributed by atoms with van der Waals surface area (Å²) in [5.74, 6) is 1.04. The van der Waals surface area contributed by atoms with Gasteiger partial charge < -0.3 is 5.11 Å². The number of rotatable bonds is 4. The molecule has 2 nitrogen and oxygen atoms in total. The summed E-state index contributed by atoms with van der Waals surface area (Å²) in [6.45, 7) is 0. The van der Waals surface area contributed by atoms with Crippen LogP contribution in [0.2, 0.25) is 0 Å². The van der Waals surface area contributed by atoms with Gasteiger partial charge in [0.15, 0.2) is 5.78 Å². The van der Waals surface area contributed by atoms with Gasteiger partial charge >= 0.3 is 0 Å². The maximum atomic E-state index is 12.4. The van der Waals surface area contributed by atoms with Crippen LogP contribution in [-0.2, 0) is 4.79 Å². The molecular formula is C19H24O2S. The average molecular weight is 316 g/mol. The van der Waals surface area contributed by atoms with Crippen LogP contribution in [0, 0.1) is 5.92 Å². The highest BCUT2D eigenvalue weighted by Gasteiger charge is 2.34. The highest BCUT2D eigenvalue weighted by molar-refractivity contribution is 8.00. The van der Waals surface area contributed by atoms with E-state index < -0.39 is 0 Å². The molecule has 0 unspecified atom stereocenters. The van der Waals surface area contributed by atoms with Crippen LogP contribution in [0.3, 0.4) is 0 Å². The Hall–Kier alpha value is -1.22. The van der Waals surface area contributed by atoms with Crippen LogP contribution in [0.15, 0.2) is 46.6 Å². The molecule has 1 saturated carbocycles. The molecule has 1 N–H and O–H groups in total. The molecule has 1 aromatic carbocycles. The van der Waals surface area contributed by atoms with E-state index in [9.17, 15) is 9.90 Å². The van der Waals surface area contributed by atoms with E-state index in [-0.39, 0.29) is 11.0 Å². The Balaban J connectivity index is 1.89. The molecule has 0 spiro atoms. The van der Waals surface area contributed by atoms with Gasteiger partial charge in [0.1, 0.15) is 5.76 Å². The third-order valence-corrected chi connectivity index (χ3v) is 6.22. The highest BCUT2D eigenvalue weighted by Crippen LogP contribution is 2.42. The van der Waals surface area contributed by atoms with Gasteiger partial charge in [0.2, 0.25) is 0 Å². The van der Waals surface area contributed by atoms with Crippen molar-refractivity contribution in [1.82, 2.24) is 0 Å². The zero-order chi connectivity index (χ0) is 15.4. The molecule has 0 aliphatic heterocycles. The van der Waals surface area contributed by atoms with E-state index in [1.807, 2.05) is 18.2 Å². The minimum absolute atomic E-state index is 0.121. The zero-order valence-electron chi connectivity index (χ0n) is 13.0. The SMILES string of the molecule is O=C1CCCC(O)=C1[C@@H](Sc1ccccc1)C1CCCCC1. The lowest BCUT2D eigenvalue weighted by atomic mass is 9.81. The maximum absolute atomic E-state index is 12.4. The van der Waals surface area contributed by atoms with E-state index >= 15 is 0 Å². The van der Waals surface area contributed by atoms with Crippen molar-refractivity contribution >= 4 is 17.5 Å². The van der Waals surface area contributed by atoms with E-state index in [1.54, 1.807) is 11.8 Å². The number of aliphatic hydroxyl groups excluding tert-OH is 1. The van der Waals surface area contributed by atoms with Gasteiger partial charge in [0.25, 0.3) is 0 Å². The van der Waals surface area contributed by atoms with E-state index in [2.05, 4.69) is 12.1 Å². The third kappa shape index (κ3) is 3.57. The molecule has 2 aliphatic carbocycles. The van der Waals surface area contributed by atoms with E-state index in [0.717, 1.165) is 12.0 Å². The maximum Gasteiger partial charge on any atom is 0.163 e. The molecule has 1 atom stereocenters. The van der Waals surface area contributed by atoms with E-state index in [4.69, 9.17) is 0 Å². The third-order valence-electron chi connectivity index (χ3n) is 4.80. The first-order chi connectivity index (χ1) is 10.8. The minimum atomic E-state index is 0.121. The number of hydrogen-bond acceptors (Lipinski definition) is 3. The van der Waals surface area contributed by atoms with Crippen LogP contribution < -0.4 is 0 Å². The summed E-state index contributed by atoms with van der Waals surface area (Å²) < 4.78 is 0. The van der Waals surface area contributed by atoms with Crippen molar-refractivity contribution in [2.45, 2.75) is 61.5 Å². The molecule has 0 saturated heterocycles. The lowest BCUT2D eigenvalue weighted by molar-refractivity contribution is -0.116. The van der Waals surface area contributed by atoms with Gasteiger partial charge in [-0.2, -0.15) is 0 Å². The van der Waals surface area contributed by atoms with Gasteiger partial charge in [0.05, 0.1) is 0 Å². The normalized spacial score (nSPS) is 21.9. The lowest BCUT2D eigenvalue weighted by Crippen LogP contribution is -2.29. The summed E-state index contributed by atoms with van der Waals surface area (Å²) >= 11 is 1.77. The molecule has 0 radical (unpaired) electrons. The first kappa shape index (κ1) is 15.7. The fraction of sp³-hybridized carbons (Fsp3) is 0.526. The van der Waals surface area contributed by atoms with Crippen molar-refractivity contribution in [2.24, 2.45) is 5.92 Å². The van der Waals surface area contributed by atoms with Crippen molar-refractivity contribution in [3.8, 4) is 0 Å². The molecule has 0 aromatic heterocycles. The second-order valence-electron chi connectivity index (χ2n) is 6.39. The number of hydrogen-bond donors (Lipinski definition) is 1. The molecule has 3 heteroatoms. The van der Waals surface area contributed by atoms with E-state index in [0.29, 0.717) is 24.5 Å². The molecule has 0 bridgehead atoms. The van der Waals surface area contributed by atoms with Crippen molar-refractivity contribution in [2.75, 3.05) is 0 Å². The Kier molecular flexibility index (Phi) is 5.24. The molecule has 22 heavy (non-hydrogen) atoms. The Labute approximate surface area is 137 Å². The lowest BCUT2D eigenvalue weighted by Gasteiger charge is -2.33. The molecule has 1 fully saturated rings. The number of carbonyl (C=O) groups excluding carboxylic acids is 1. The summed E-state index contributed by atoms with van der Waals surface area (Å²) in [4.78, 5) is 13.6. The number of aliphatic hydroxyl groups is 1. The fourth-order valence-electron chi connectivity index (χ4n) is 3.64. The zero-order valence-corrected chi connectivity index (χ0v) is 13.8. The number of allylic oxidation sites excluding steroid dienone is 1. The van der Waals surface area contributed by atoms with Gasteiger partial charge in [-0.05, 0) is 37.3 Å². The minimum Gasteiger partial charge on any atom is -0.512 e. The second-order valence-corrected chi connectivity index (χ2v) is 7.60. The summed E-state index contributed by atoms with van der Waals surface area (Å²) in [6.07, 6.45) is 8.21. The first-order valence-electron chi connectivity index (χ1n) is 8.42. The summed E-state index contributed by atoms with van der Waals surface area (Å²) in [7, 11) is 0. The van der Waals surface area contributed by atoms with Crippen LogP contribution in [0.5, 0.6) is 0 Å². The second kappa shape index (κ2) is 7.36. The van der Waals surface area contributed by atoms with Gasteiger partial charge in [0, 0.05) is 28.6 Å². The monoisotopic (exact) mass is 316 g/mol. The average Bonchev–Trinajstić information content (AvgIpc) is 2.55. The molecule has 118 valence electrons. The Morgan fingerprint density at radius 2 is 1.73 bits per heavy atom. The van der Waals surface area contributed by atoms with Crippen LogP contribution in [0.1, 0.15) is 51.4 Å². The fourth-order valence-corrected chi connectivity index (χ4v) is 5.10. The quantitative estimate of drug-likeness (QED) is 0.767. The predicted octanol–water partition coefficient (Wildman–Crippen LogP) is 5.29. The van der Waals surface area contributed by atoms with Gasteiger partial charge in [-0.15, -0.1) is 11.8 Å². The topological polar surface area (TPSA) is 37.3 Å². The molecule has 1 aromatic rings. The number of ketones is 1. The van der Waals surface area contributed by atoms with Crippen LogP contribution >= 0.6 is 11.8 Å². The molecule has 3 rings (SSSR count). The molecule has 2 aliphatic rings. The van der Waals surface area contributed by atoms with Crippen molar-refractivity contribution in [3.63, 3.8) is 0 Å². The summed E-state index contributed by atoms with van der Waals surface area (Å²) in [5.41, 5.74) is 0.729. The Bertz CT molecular complexity index is 544. The van der Waals surface area contributed by atoms with Gasteiger partial charge in [-0.3, -0.25) is 4.79 Å². The Morgan fingerprint density at radius 1 is 1.00 bits per heavy atom. The predicted molar refractivity (Wildman–Crippen MR) is 91.2 cm³/mol. The summed E-state index contributed by atoms with van der Waals surface area (Å²) in [5, 5.41) is 10.5. The van der Waals surface area contributed by atoms with Crippen LogP contribution in [-0.4, -0.2) is 16.1 Å². The van der Waals surface area contributed by atoms with Crippen molar-refractivity contribution in [3.05, 3.63) is 41.7 Å². The molecule has 0 heterocycles. The number of Topliss-reactive ketones (excluding diaryl/α,β-unsaturated/α-hetero) is 1. The van der Waals surface area contributed by atoms with Gasteiger partial charge in [-0.25, -0.2) is 0 Å². The van der Waals surface area contributed by atoms with Crippen molar-refractivity contribution in [1.29, 1.82) is 0 Å². The standard InChI is InChI=1S/C19H24O2S/c20-16-12-7-13-17(21)18(16)19(14-8-3-1-4-9-14)22-15-10-5-2-6-11-15/h2,5-6,10-11,14,19-20H,1,3-4,7-9,12-13H2/t19-/m0/s1. The van der Waals surface area contributed by atoms with Crippen LogP contribution in [0.4, 0.5) is 0 Å². The smallest absolute Gasteiger partial charge is 0.163 e. The number of benzene rings is 1. The first-order valence-corrected chi connectivity index (χ1v) is 9.30. The van der Waals surface area contributed by atoms with Crippen LogP contribution in [0.25, 0.3) is 0 Å². The molecule has 0 amide bonds. The highest BCUT2D eigenvalue weighted by atomic mass is 32.2. The van der Waals surface area contributed by atoms with E-state index in [1.165, 1.54) is 37.0 Å². The van der Waals surface area contributed by atoms with Gasteiger partial charge in [-0.1, -0.05) is 37.5 Å². The largest absolute Gasteiger partial charge is 0.512 e.